The van der Waals surface area contributed by atoms with Gasteiger partial charge in [-0.1, -0.05) is 34.6 Å². The van der Waals surface area contributed by atoms with Crippen molar-refractivity contribution in [2.24, 2.45) is 17.3 Å². The molecule has 0 spiro atoms. The van der Waals surface area contributed by atoms with Gasteiger partial charge in [0, 0.05) is 6.61 Å². The summed E-state index contributed by atoms with van der Waals surface area (Å²) in [5, 5.41) is 2.93. The zero-order valence-electron chi connectivity index (χ0n) is 14.5. The maximum atomic E-state index is 12.5. The highest BCUT2D eigenvalue weighted by atomic mass is 16.5. The number of ether oxygens (including phenoxy) is 2. The third-order valence-corrected chi connectivity index (χ3v) is 3.28. The van der Waals surface area contributed by atoms with Crippen molar-refractivity contribution in [1.82, 2.24) is 5.32 Å². The molecule has 0 aliphatic carbocycles. The van der Waals surface area contributed by atoms with Crippen molar-refractivity contribution in [2.45, 2.75) is 54.5 Å². The van der Waals surface area contributed by atoms with Gasteiger partial charge in [-0.05, 0) is 25.2 Å². The second-order valence-electron chi connectivity index (χ2n) is 6.57. The summed E-state index contributed by atoms with van der Waals surface area (Å²) in [5.74, 6) is -1.36. The second kappa shape index (κ2) is 9.03. The Kier molecular flexibility index (Phi) is 8.55. The van der Waals surface area contributed by atoms with E-state index in [0.717, 1.165) is 0 Å². The number of carbonyl (C=O) groups is 2. The molecule has 0 aromatic heterocycles. The van der Waals surface area contributed by atoms with E-state index in [-0.39, 0.29) is 24.5 Å². The standard InChI is InChI=1S/C16H31NO4/c1-8-20-10-12(11(3)4)17-14(18)13(16(5,6)7)15(19)21-9-2/h11-13H,8-10H2,1-7H3,(H,17,18). The van der Waals surface area contributed by atoms with E-state index < -0.39 is 17.3 Å². The smallest absolute Gasteiger partial charge is 0.319 e. The molecule has 0 radical (unpaired) electrons. The lowest BCUT2D eigenvalue weighted by atomic mass is 9.80. The summed E-state index contributed by atoms with van der Waals surface area (Å²) in [5.41, 5.74) is -0.497. The zero-order chi connectivity index (χ0) is 16.6. The Balaban J connectivity index is 4.98. The van der Waals surface area contributed by atoms with Gasteiger partial charge in [-0.2, -0.15) is 0 Å². The first-order valence-electron chi connectivity index (χ1n) is 7.69. The van der Waals surface area contributed by atoms with Crippen molar-refractivity contribution >= 4 is 11.9 Å². The van der Waals surface area contributed by atoms with E-state index >= 15 is 0 Å². The quantitative estimate of drug-likeness (QED) is 0.552. The van der Waals surface area contributed by atoms with E-state index in [2.05, 4.69) is 5.32 Å². The normalized spacial score (nSPS) is 14.7. The van der Waals surface area contributed by atoms with E-state index in [9.17, 15) is 9.59 Å². The SMILES string of the molecule is CCOCC(NC(=O)C(C(=O)OCC)C(C)(C)C)C(C)C. The summed E-state index contributed by atoms with van der Waals surface area (Å²) in [6.07, 6.45) is 0. The van der Waals surface area contributed by atoms with E-state index in [1.807, 2.05) is 41.5 Å². The predicted molar refractivity (Wildman–Crippen MR) is 82.8 cm³/mol. The van der Waals surface area contributed by atoms with Crippen LogP contribution in [0.2, 0.25) is 0 Å². The van der Waals surface area contributed by atoms with Crippen molar-refractivity contribution in [1.29, 1.82) is 0 Å². The molecule has 0 aromatic rings. The lowest BCUT2D eigenvalue weighted by molar-refractivity contribution is -0.157. The molecule has 1 amide bonds. The van der Waals surface area contributed by atoms with Crippen LogP contribution < -0.4 is 5.32 Å². The molecule has 0 aromatic carbocycles. The van der Waals surface area contributed by atoms with Crippen LogP contribution in [0.1, 0.15) is 48.5 Å². The van der Waals surface area contributed by atoms with Crippen LogP contribution in [0.15, 0.2) is 0 Å². The minimum atomic E-state index is -0.819. The molecule has 21 heavy (non-hydrogen) atoms. The third-order valence-electron chi connectivity index (χ3n) is 3.28. The largest absolute Gasteiger partial charge is 0.465 e. The molecular formula is C16H31NO4. The Labute approximate surface area is 128 Å². The van der Waals surface area contributed by atoms with Gasteiger partial charge >= 0.3 is 5.97 Å². The van der Waals surface area contributed by atoms with Gasteiger partial charge in [-0.15, -0.1) is 0 Å². The molecular weight excluding hydrogens is 270 g/mol. The summed E-state index contributed by atoms with van der Waals surface area (Å²) < 4.78 is 10.4. The minimum Gasteiger partial charge on any atom is -0.465 e. The molecule has 0 saturated carbocycles. The average Bonchev–Trinajstić information content (AvgIpc) is 2.32. The highest BCUT2D eigenvalue weighted by molar-refractivity contribution is 5.98. The Hall–Kier alpha value is -1.10. The van der Waals surface area contributed by atoms with Gasteiger partial charge in [-0.3, -0.25) is 9.59 Å². The van der Waals surface area contributed by atoms with Crippen molar-refractivity contribution < 1.29 is 19.1 Å². The molecule has 5 heteroatoms. The van der Waals surface area contributed by atoms with Crippen LogP contribution in [-0.2, 0) is 19.1 Å². The van der Waals surface area contributed by atoms with Gasteiger partial charge in [-0.25, -0.2) is 0 Å². The summed E-state index contributed by atoms with van der Waals surface area (Å²) in [6, 6.07) is -0.114. The Morgan fingerprint density at radius 1 is 1.10 bits per heavy atom. The van der Waals surface area contributed by atoms with E-state index in [0.29, 0.717) is 13.2 Å². The maximum absolute atomic E-state index is 12.5. The molecule has 0 rings (SSSR count). The van der Waals surface area contributed by atoms with Crippen LogP contribution in [0, 0.1) is 17.3 Å². The molecule has 5 nitrogen and oxygen atoms in total. The average molecular weight is 301 g/mol. The third kappa shape index (κ3) is 6.93. The van der Waals surface area contributed by atoms with Gasteiger partial charge < -0.3 is 14.8 Å². The number of amides is 1. The number of hydrogen-bond donors (Lipinski definition) is 1. The molecule has 0 heterocycles. The molecule has 2 atom stereocenters. The lowest BCUT2D eigenvalue weighted by Gasteiger charge is -2.30. The van der Waals surface area contributed by atoms with Crippen molar-refractivity contribution in [3.8, 4) is 0 Å². The highest BCUT2D eigenvalue weighted by Crippen LogP contribution is 2.27. The zero-order valence-corrected chi connectivity index (χ0v) is 14.5. The van der Waals surface area contributed by atoms with Gasteiger partial charge in [0.15, 0.2) is 0 Å². The van der Waals surface area contributed by atoms with Gasteiger partial charge in [0.2, 0.25) is 5.91 Å². The number of nitrogens with one attached hydrogen (secondary N) is 1. The van der Waals surface area contributed by atoms with E-state index in [1.54, 1.807) is 6.92 Å². The van der Waals surface area contributed by atoms with Crippen molar-refractivity contribution in [3.05, 3.63) is 0 Å². The van der Waals surface area contributed by atoms with Gasteiger partial charge in [0.05, 0.1) is 19.3 Å². The van der Waals surface area contributed by atoms with Crippen LogP contribution in [0.25, 0.3) is 0 Å². The first-order valence-corrected chi connectivity index (χ1v) is 7.69. The molecule has 0 saturated heterocycles. The fraction of sp³-hybridized carbons (Fsp3) is 0.875. The summed E-state index contributed by atoms with van der Waals surface area (Å²) >= 11 is 0. The van der Waals surface area contributed by atoms with Crippen LogP contribution in [0.3, 0.4) is 0 Å². The van der Waals surface area contributed by atoms with Crippen LogP contribution >= 0.6 is 0 Å². The molecule has 0 fully saturated rings. The molecule has 2 unspecified atom stereocenters. The number of rotatable bonds is 8. The Morgan fingerprint density at radius 2 is 1.67 bits per heavy atom. The number of hydrogen-bond acceptors (Lipinski definition) is 4. The van der Waals surface area contributed by atoms with Gasteiger partial charge in [0.1, 0.15) is 5.92 Å². The van der Waals surface area contributed by atoms with Crippen LogP contribution in [0.4, 0.5) is 0 Å². The molecule has 0 bridgehead atoms. The molecule has 0 aliphatic rings. The van der Waals surface area contributed by atoms with E-state index in [1.165, 1.54) is 0 Å². The fourth-order valence-electron chi connectivity index (χ4n) is 1.99. The summed E-state index contributed by atoms with van der Waals surface area (Å²) in [7, 11) is 0. The minimum absolute atomic E-state index is 0.114. The monoisotopic (exact) mass is 301 g/mol. The first kappa shape index (κ1) is 19.9. The lowest BCUT2D eigenvalue weighted by Crippen LogP contribution is -2.50. The summed E-state index contributed by atoms with van der Waals surface area (Å²) in [4.78, 5) is 24.6. The van der Waals surface area contributed by atoms with E-state index in [4.69, 9.17) is 9.47 Å². The first-order chi connectivity index (χ1) is 9.65. The predicted octanol–water partition coefficient (Wildman–Crippen LogP) is 2.39. The second-order valence-corrected chi connectivity index (χ2v) is 6.57. The van der Waals surface area contributed by atoms with Crippen molar-refractivity contribution in [2.75, 3.05) is 19.8 Å². The maximum Gasteiger partial charge on any atom is 0.319 e. The molecule has 1 N–H and O–H groups in total. The highest BCUT2D eigenvalue weighted by Gasteiger charge is 2.39. The van der Waals surface area contributed by atoms with Gasteiger partial charge in [0.25, 0.3) is 0 Å². The molecule has 124 valence electrons. The van der Waals surface area contributed by atoms with Crippen molar-refractivity contribution in [3.63, 3.8) is 0 Å². The fourth-order valence-corrected chi connectivity index (χ4v) is 1.99. The number of carbonyl (C=O) groups excluding carboxylic acids is 2. The topological polar surface area (TPSA) is 64.6 Å². The number of esters is 1. The van der Waals surface area contributed by atoms with Crippen LogP contribution in [-0.4, -0.2) is 37.7 Å². The van der Waals surface area contributed by atoms with Crippen LogP contribution in [0.5, 0.6) is 0 Å². The Bertz CT molecular complexity index is 334. The summed E-state index contributed by atoms with van der Waals surface area (Å²) in [6.45, 7) is 14.6. The molecule has 0 aliphatic heterocycles. The Morgan fingerprint density at radius 3 is 2.05 bits per heavy atom.